The lowest BCUT2D eigenvalue weighted by Gasteiger charge is -2.39. The van der Waals surface area contributed by atoms with Gasteiger partial charge in [0.1, 0.15) is 5.75 Å². The van der Waals surface area contributed by atoms with E-state index < -0.39 is 0 Å². The molecule has 29 heavy (non-hydrogen) atoms. The Morgan fingerprint density at radius 2 is 2.03 bits per heavy atom. The molecule has 4 rings (SSSR count). The quantitative estimate of drug-likeness (QED) is 0.822. The molecule has 1 saturated heterocycles. The molecule has 0 bridgehead atoms. The fourth-order valence-corrected chi connectivity index (χ4v) is 4.33. The fourth-order valence-electron chi connectivity index (χ4n) is 4.33. The van der Waals surface area contributed by atoms with Crippen LogP contribution in [0.1, 0.15) is 63.6 Å². The molecule has 2 aromatic rings. The second-order valence-corrected chi connectivity index (χ2v) is 8.48. The van der Waals surface area contributed by atoms with Crippen molar-refractivity contribution in [2.45, 2.75) is 69.9 Å². The van der Waals surface area contributed by atoms with E-state index in [9.17, 15) is 4.79 Å². The van der Waals surface area contributed by atoms with Crippen LogP contribution in [0.15, 0.2) is 34.9 Å². The van der Waals surface area contributed by atoms with Crippen LogP contribution >= 0.6 is 0 Å². The summed E-state index contributed by atoms with van der Waals surface area (Å²) in [6.45, 7) is 3.72. The molecule has 1 unspecified atom stereocenters. The van der Waals surface area contributed by atoms with Gasteiger partial charge in [-0.05, 0) is 37.8 Å². The summed E-state index contributed by atoms with van der Waals surface area (Å²) < 4.78 is 11.1. The molecule has 1 saturated carbocycles. The largest absolute Gasteiger partial charge is 0.484 e. The van der Waals surface area contributed by atoms with Crippen LogP contribution in [-0.2, 0) is 12.0 Å². The monoisotopic (exact) mass is 398 g/mol. The van der Waals surface area contributed by atoms with E-state index >= 15 is 0 Å². The Labute approximate surface area is 171 Å². The number of carbonyl (C=O) groups excluding carboxylic acids is 1. The predicted octanol–water partition coefficient (Wildman–Crippen LogP) is 4.04. The number of nitrogens with zero attached hydrogens (tertiary/aromatic N) is 3. The minimum Gasteiger partial charge on any atom is -0.484 e. The first-order chi connectivity index (χ1) is 14.1. The van der Waals surface area contributed by atoms with Crippen LogP contribution in [0.3, 0.4) is 0 Å². The van der Waals surface area contributed by atoms with Crippen LogP contribution in [-0.4, -0.2) is 40.2 Å². The molecule has 2 fully saturated rings. The number of rotatable bonds is 5. The van der Waals surface area contributed by atoms with E-state index in [-0.39, 0.29) is 18.1 Å². The highest BCUT2D eigenvalue weighted by Crippen LogP contribution is 2.32. The van der Waals surface area contributed by atoms with Crippen LogP contribution in [0.25, 0.3) is 0 Å². The molecule has 1 atom stereocenters. The molecule has 0 spiro atoms. The summed E-state index contributed by atoms with van der Waals surface area (Å²) in [5.74, 6) is 1.87. The van der Waals surface area contributed by atoms with Crippen molar-refractivity contribution >= 4 is 6.03 Å². The molecular formula is C22H30N4O3. The molecule has 1 aliphatic carbocycles. The summed E-state index contributed by atoms with van der Waals surface area (Å²) in [6, 6.07) is 9.92. The zero-order valence-electron chi connectivity index (χ0n) is 17.1. The number of benzene rings is 1. The Morgan fingerprint density at radius 3 is 2.83 bits per heavy atom. The van der Waals surface area contributed by atoms with E-state index in [2.05, 4.69) is 22.4 Å². The Kier molecular flexibility index (Phi) is 6.02. The summed E-state index contributed by atoms with van der Waals surface area (Å²) in [4.78, 5) is 19.3. The van der Waals surface area contributed by atoms with Gasteiger partial charge in [-0.2, -0.15) is 4.98 Å². The van der Waals surface area contributed by atoms with Crippen LogP contribution in [0.5, 0.6) is 5.75 Å². The predicted molar refractivity (Wildman–Crippen MR) is 109 cm³/mol. The number of hydrogen-bond acceptors (Lipinski definition) is 5. The van der Waals surface area contributed by atoms with Crippen LogP contribution in [0.2, 0.25) is 0 Å². The molecule has 1 N–H and O–H groups in total. The molecule has 7 nitrogen and oxygen atoms in total. The van der Waals surface area contributed by atoms with Gasteiger partial charge in [0.15, 0.2) is 12.4 Å². The SMILES string of the molecule is CC1(c2noc(COc3ccccc3)n2)CCCN(C(=O)NC2CCCCC2)C1. The van der Waals surface area contributed by atoms with Gasteiger partial charge in [0.2, 0.25) is 0 Å². The fraction of sp³-hybridized carbons (Fsp3) is 0.591. The number of ether oxygens (including phenoxy) is 1. The molecule has 156 valence electrons. The normalized spacial score (nSPS) is 23.0. The number of amides is 2. The molecule has 2 heterocycles. The van der Waals surface area contributed by atoms with E-state index in [0.717, 1.165) is 38.0 Å². The van der Waals surface area contributed by atoms with Crippen LogP contribution in [0, 0.1) is 0 Å². The Balaban J connectivity index is 1.36. The van der Waals surface area contributed by atoms with Crippen molar-refractivity contribution in [3.63, 3.8) is 0 Å². The van der Waals surface area contributed by atoms with Gasteiger partial charge >= 0.3 is 6.03 Å². The van der Waals surface area contributed by atoms with Crippen molar-refractivity contribution < 1.29 is 14.1 Å². The van der Waals surface area contributed by atoms with Crippen molar-refractivity contribution in [2.75, 3.05) is 13.1 Å². The first-order valence-corrected chi connectivity index (χ1v) is 10.7. The highest BCUT2D eigenvalue weighted by atomic mass is 16.5. The molecule has 1 aromatic heterocycles. The third-order valence-corrected chi connectivity index (χ3v) is 6.03. The molecule has 2 amide bonds. The molecule has 1 aliphatic heterocycles. The summed E-state index contributed by atoms with van der Waals surface area (Å²) >= 11 is 0. The summed E-state index contributed by atoms with van der Waals surface area (Å²) in [6.07, 6.45) is 7.73. The average Bonchev–Trinajstić information content (AvgIpc) is 3.24. The number of nitrogens with one attached hydrogen (secondary N) is 1. The standard InChI is InChI=1S/C22H30N4O3/c1-22(20-24-19(29-25-20)15-28-18-11-6-3-7-12-18)13-8-14-26(16-22)21(27)23-17-9-4-2-5-10-17/h3,6-7,11-12,17H,2,4-5,8-10,13-16H2,1H3,(H,23,27). The second-order valence-electron chi connectivity index (χ2n) is 8.48. The maximum Gasteiger partial charge on any atom is 0.317 e. The molecule has 2 aliphatic rings. The van der Waals surface area contributed by atoms with Crippen molar-refractivity contribution in [1.29, 1.82) is 0 Å². The Hall–Kier alpha value is -2.57. The lowest BCUT2D eigenvalue weighted by atomic mass is 9.81. The Bertz CT molecular complexity index is 803. The van der Waals surface area contributed by atoms with Crippen molar-refractivity contribution in [1.82, 2.24) is 20.4 Å². The van der Waals surface area contributed by atoms with E-state index in [1.165, 1.54) is 19.3 Å². The van der Waals surface area contributed by atoms with Gasteiger partial charge in [-0.3, -0.25) is 0 Å². The number of hydrogen-bond donors (Lipinski definition) is 1. The van der Waals surface area contributed by atoms with E-state index in [1.54, 1.807) is 0 Å². The van der Waals surface area contributed by atoms with Crippen molar-refractivity contribution in [3.05, 3.63) is 42.0 Å². The summed E-state index contributed by atoms with van der Waals surface area (Å²) in [5, 5.41) is 7.43. The Morgan fingerprint density at radius 1 is 1.24 bits per heavy atom. The summed E-state index contributed by atoms with van der Waals surface area (Å²) in [5.41, 5.74) is -0.309. The average molecular weight is 399 g/mol. The number of para-hydroxylation sites is 1. The van der Waals surface area contributed by atoms with E-state index in [4.69, 9.17) is 9.26 Å². The van der Waals surface area contributed by atoms with E-state index in [1.807, 2.05) is 35.2 Å². The number of aromatic nitrogens is 2. The minimum atomic E-state index is -0.309. The molecular weight excluding hydrogens is 368 g/mol. The lowest BCUT2D eigenvalue weighted by Crippen LogP contribution is -2.53. The highest BCUT2D eigenvalue weighted by molar-refractivity contribution is 5.74. The third-order valence-electron chi connectivity index (χ3n) is 6.03. The molecule has 1 aromatic carbocycles. The number of likely N-dealkylation sites (tertiary alicyclic amines) is 1. The van der Waals surface area contributed by atoms with Crippen molar-refractivity contribution in [3.8, 4) is 5.75 Å². The van der Waals surface area contributed by atoms with Gasteiger partial charge in [-0.25, -0.2) is 4.79 Å². The summed E-state index contributed by atoms with van der Waals surface area (Å²) in [7, 11) is 0. The lowest BCUT2D eigenvalue weighted by molar-refractivity contribution is 0.146. The van der Waals surface area contributed by atoms with Crippen LogP contribution in [0.4, 0.5) is 4.79 Å². The maximum absolute atomic E-state index is 12.8. The molecule has 0 radical (unpaired) electrons. The second kappa shape index (κ2) is 8.84. The minimum absolute atomic E-state index is 0.0407. The van der Waals surface area contributed by atoms with Gasteiger partial charge in [0, 0.05) is 24.5 Å². The number of carbonyl (C=O) groups is 1. The smallest absolute Gasteiger partial charge is 0.317 e. The van der Waals surface area contributed by atoms with Gasteiger partial charge in [-0.1, -0.05) is 49.5 Å². The third kappa shape index (κ3) is 4.89. The van der Waals surface area contributed by atoms with Gasteiger partial charge in [-0.15, -0.1) is 0 Å². The van der Waals surface area contributed by atoms with E-state index in [0.29, 0.717) is 24.3 Å². The topological polar surface area (TPSA) is 80.5 Å². The van der Waals surface area contributed by atoms with Gasteiger partial charge in [0.25, 0.3) is 5.89 Å². The van der Waals surface area contributed by atoms with Gasteiger partial charge < -0.3 is 19.5 Å². The zero-order chi connectivity index (χ0) is 20.1. The maximum atomic E-state index is 12.8. The highest BCUT2D eigenvalue weighted by Gasteiger charge is 2.39. The molecule has 7 heteroatoms. The first kappa shape index (κ1) is 19.7. The number of urea groups is 1. The van der Waals surface area contributed by atoms with Crippen LogP contribution < -0.4 is 10.1 Å². The first-order valence-electron chi connectivity index (χ1n) is 10.7. The number of piperidine rings is 1. The zero-order valence-corrected chi connectivity index (χ0v) is 17.1. The van der Waals surface area contributed by atoms with Crippen molar-refractivity contribution in [2.24, 2.45) is 0 Å². The van der Waals surface area contributed by atoms with Gasteiger partial charge in [0.05, 0.1) is 0 Å².